The summed E-state index contributed by atoms with van der Waals surface area (Å²) in [5, 5.41) is 0. The van der Waals surface area contributed by atoms with E-state index in [1.165, 1.54) is 25.8 Å². The minimum Gasteiger partial charge on any atom is -0.380 e. The molecule has 3 heterocycles. The highest BCUT2D eigenvalue weighted by Crippen LogP contribution is 2.42. The first kappa shape index (κ1) is 12.6. The van der Waals surface area contributed by atoms with E-state index in [2.05, 4.69) is 24.8 Å². The van der Waals surface area contributed by atoms with Gasteiger partial charge in [0.1, 0.15) is 0 Å². The average molecular weight is 251 g/mol. The van der Waals surface area contributed by atoms with Crippen LogP contribution in [-0.4, -0.2) is 49.5 Å². The molecule has 18 heavy (non-hydrogen) atoms. The van der Waals surface area contributed by atoms with Crippen LogP contribution in [0.5, 0.6) is 0 Å². The molecule has 3 fully saturated rings. The molecule has 0 aromatic rings. The molecular weight excluding hydrogens is 226 g/mol. The number of hydrogen-bond donors (Lipinski definition) is 0. The Morgan fingerprint density at radius 3 is 3.00 bits per heavy atom. The molecule has 0 aliphatic carbocycles. The van der Waals surface area contributed by atoms with Gasteiger partial charge in [-0.3, -0.25) is 4.90 Å². The monoisotopic (exact) mass is 251 g/mol. The van der Waals surface area contributed by atoms with Crippen molar-refractivity contribution >= 4 is 0 Å². The van der Waals surface area contributed by atoms with E-state index < -0.39 is 0 Å². The first-order valence-electron chi connectivity index (χ1n) is 7.32. The molecule has 0 amide bonds. The van der Waals surface area contributed by atoms with Gasteiger partial charge in [0.2, 0.25) is 0 Å². The van der Waals surface area contributed by atoms with E-state index in [-0.39, 0.29) is 0 Å². The van der Waals surface area contributed by atoms with Gasteiger partial charge in [-0.25, -0.2) is 0 Å². The van der Waals surface area contributed by atoms with Gasteiger partial charge in [0.05, 0.1) is 25.9 Å². The van der Waals surface area contributed by atoms with Gasteiger partial charge < -0.3 is 9.47 Å². The standard InChI is InChI=1S/C15H25NO2/c1-12(2)18-11-15-4-3-5-16(15)8-13(7-15)6-14-9-17-10-14/h6,12,14H,3-5,7-11H2,1-2H3/b13-6-/t15-/m0/s1. The summed E-state index contributed by atoms with van der Waals surface area (Å²) in [7, 11) is 0. The van der Waals surface area contributed by atoms with Crippen LogP contribution in [0.3, 0.4) is 0 Å². The van der Waals surface area contributed by atoms with Crippen molar-refractivity contribution in [3.63, 3.8) is 0 Å². The van der Waals surface area contributed by atoms with Crippen molar-refractivity contribution in [2.24, 2.45) is 5.92 Å². The van der Waals surface area contributed by atoms with Gasteiger partial charge in [-0.05, 0) is 39.7 Å². The summed E-state index contributed by atoms with van der Waals surface area (Å²) in [5.74, 6) is 0.683. The van der Waals surface area contributed by atoms with E-state index in [4.69, 9.17) is 9.47 Å². The molecule has 0 spiro atoms. The lowest BCUT2D eigenvalue weighted by atomic mass is 9.91. The van der Waals surface area contributed by atoms with Gasteiger partial charge >= 0.3 is 0 Å². The minimum atomic E-state index is 0.320. The average Bonchev–Trinajstić information content (AvgIpc) is 2.77. The molecule has 1 atom stereocenters. The van der Waals surface area contributed by atoms with Crippen molar-refractivity contribution < 1.29 is 9.47 Å². The number of fused-ring (bicyclic) bond motifs is 1. The molecule has 102 valence electrons. The van der Waals surface area contributed by atoms with Crippen LogP contribution in [0.25, 0.3) is 0 Å². The fourth-order valence-corrected chi connectivity index (χ4v) is 3.50. The van der Waals surface area contributed by atoms with Crippen molar-refractivity contribution in [3.05, 3.63) is 11.6 Å². The molecule has 0 bridgehead atoms. The summed E-state index contributed by atoms with van der Waals surface area (Å²) >= 11 is 0. The molecule has 0 aromatic heterocycles. The maximum atomic E-state index is 5.93. The molecule has 0 unspecified atom stereocenters. The van der Waals surface area contributed by atoms with Crippen LogP contribution in [-0.2, 0) is 9.47 Å². The molecule has 3 nitrogen and oxygen atoms in total. The summed E-state index contributed by atoms with van der Waals surface area (Å²) < 4.78 is 11.2. The minimum absolute atomic E-state index is 0.320. The lowest BCUT2D eigenvalue weighted by molar-refractivity contribution is -0.00815. The highest BCUT2D eigenvalue weighted by atomic mass is 16.5. The molecule has 3 aliphatic heterocycles. The third-order valence-electron chi connectivity index (χ3n) is 4.51. The Labute approximate surface area is 110 Å². The summed E-state index contributed by atoms with van der Waals surface area (Å²) in [5.41, 5.74) is 1.94. The first-order chi connectivity index (χ1) is 8.68. The summed E-state index contributed by atoms with van der Waals surface area (Å²) in [6.45, 7) is 9.44. The highest BCUT2D eigenvalue weighted by molar-refractivity contribution is 5.22. The van der Waals surface area contributed by atoms with Crippen LogP contribution in [0, 0.1) is 5.92 Å². The molecule has 3 saturated heterocycles. The Morgan fingerprint density at radius 2 is 2.33 bits per heavy atom. The lowest BCUT2D eigenvalue weighted by Crippen LogP contribution is -2.43. The molecule has 3 rings (SSSR count). The van der Waals surface area contributed by atoms with Crippen LogP contribution in [0.15, 0.2) is 11.6 Å². The molecule has 0 N–H and O–H groups in total. The summed E-state index contributed by atoms with van der Waals surface area (Å²) in [6.07, 6.45) is 6.67. The Bertz CT molecular complexity index is 335. The fraction of sp³-hybridized carbons (Fsp3) is 0.867. The Morgan fingerprint density at radius 1 is 1.50 bits per heavy atom. The highest BCUT2D eigenvalue weighted by Gasteiger charge is 2.46. The van der Waals surface area contributed by atoms with Crippen LogP contribution in [0.1, 0.15) is 33.1 Å². The smallest absolute Gasteiger partial charge is 0.0657 e. The van der Waals surface area contributed by atoms with E-state index >= 15 is 0 Å². The van der Waals surface area contributed by atoms with E-state index in [1.807, 2.05) is 0 Å². The van der Waals surface area contributed by atoms with E-state index in [1.54, 1.807) is 5.57 Å². The Kier molecular flexibility index (Phi) is 3.48. The predicted octanol–water partition coefficient (Wildman–Crippen LogP) is 2.22. The Hall–Kier alpha value is -0.380. The van der Waals surface area contributed by atoms with Crippen molar-refractivity contribution in [2.45, 2.75) is 44.8 Å². The van der Waals surface area contributed by atoms with Gasteiger partial charge in [0.15, 0.2) is 0 Å². The third kappa shape index (κ3) is 2.36. The summed E-state index contributed by atoms with van der Waals surface area (Å²) in [4.78, 5) is 2.65. The molecule has 3 heteroatoms. The molecule has 0 aromatic carbocycles. The van der Waals surface area contributed by atoms with Gasteiger partial charge in [0.25, 0.3) is 0 Å². The van der Waals surface area contributed by atoms with Crippen molar-refractivity contribution in [1.29, 1.82) is 0 Å². The zero-order chi connectivity index (χ0) is 12.6. The van der Waals surface area contributed by atoms with Crippen LogP contribution >= 0.6 is 0 Å². The summed E-state index contributed by atoms with van der Waals surface area (Å²) in [6, 6.07) is 0. The third-order valence-corrected chi connectivity index (χ3v) is 4.51. The normalized spacial score (nSPS) is 35.4. The second-order valence-corrected chi connectivity index (χ2v) is 6.41. The van der Waals surface area contributed by atoms with E-state index in [9.17, 15) is 0 Å². The molecule has 0 saturated carbocycles. The van der Waals surface area contributed by atoms with Gasteiger partial charge in [-0.15, -0.1) is 0 Å². The molecular formula is C15H25NO2. The Balaban J connectivity index is 1.66. The fourth-order valence-electron chi connectivity index (χ4n) is 3.50. The van der Waals surface area contributed by atoms with Gasteiger partial charge in [0, 0.05) is 18.0 Å². The SMILES string of the molecule is CC(C)OC[C@@]12CCCN1C/C(=C\C1COC1)C2. The number of ether oxygens (including phenoxy) is 2. The van der Waals surface area contributed by atoms with Gasteiger partial charge in [-0.2, -0.15) is 0 Å². The van der Waals surface area contributed by atoms with Crippen molar-refractivity contribution in [2.75, 3.05) is 32.9 Å². The van der Waals surface area contributed by atoms with E-state index in [0.29, 0.717) is 17.6 Å². The first-order valence-corrected chi connectivity index (χ1v) is 7.32. The van der Waals surface area contributed by atoms with Crippen LogP contribution in [0.4, 0.5) is 0 Å². The topological polar surface area (TPSA) is 21.7 Å². The maximum absolute atomic E-state index is 5.93. The molecule has 0 radical (unpaired) electrons. The van der Waals surface area contributed by atoms with Crippen LogP contribution in [0.2, 0.25) is 0 Å². The zero-order valence-electron chi connectivity index (χ0n) is 11.7. The van der Waals surface area contributed by atoms with Crippen molar-refractivity contribution in [1.82, 2.24) is 4.90 Å². The predicted molar refractivity (Wildman–Crippen MR) is 71.6 cm³/mol. The number of rotatable bonds is 4. The zero-order valence-corrected chi connectivity index (χ0v) is 11.7. The lowest BCUT2D eigenvalue weighted by Gasteiger charge is -2.32. The number of nitrogens with zero attached hydrogens (tertiary/aromatic N) is 1. The van der Waals surface area contributed by atoms with Gasteiger partial charge in [-0.1, -0.05) is 11.6 Å². The van der Waals surface area contributed by atoms with Crippen LogP contribution < -0.4 is 0 Å². The number of hydrogen-bond acceptors (Lipinski definition) is 3. The maximum Gasteiger partial charge on any atom is 0.0657 e. The molecule has 3 aliphatic rings. The second kappa shape index (κ2) is 4.95. The van der Waals surface area contributed by atoms with E-state index in [0.717, 1.165) is 26.4 Å². The largest absolute Gasteiger partial charge is 0.380 e. The second-order valence-electron chi connectivity index (χ2n) is 6.41. The quantitative estimate of drug-likeness (QED) is 0.715. The van der Waals surface area contributed by atoms with Crippen molar-refractivity contribution in [3.8, 4) is 0 Å².